The van der Waals surface area contributed by atoms with Crippen LogP contribution in [0.5, 0.6) is 5.75 Å². The Morgan fingerprint density at radius 3 is 2.52 bits per heavy atom. The Morgan fingerprint density at radius 2 is 1.85 bits per heavy atom. The van der Waals surface area contributed by atoms with Crippen LogP contribution in [0.3, 0.4) is 0 Å². The summed E-state index contributed by atoms with van der Waals surface area (Å²) in [6.45, 7) is 2.03. The number of halogens is 2. The summed E-state index contributed by atoms with van der Waals surface area (Å²) in [5.74, 6) is -2.95. The van der Waals surface area contributed by atoms with Gasteiger partial charge in [0.25, 0.3) is 5.91 Å². The molecule has 0 bridgehead atoms. The smallest absolute Gasteiger partial charge is 0.338 e. The number of carbonyl (C=O) groups is 2. The fraction of sp³-hybridized carbons (Fsp3) is 0.263. The number of ether oxygens (including phenoxy) is 3. The van der Waals surface area contributed by atoms with E-state index in [4.69, 9.17) is 14.2 Å². The first-order chi connectivity index (χ1) is 12.9. The van der Waals surface area contributed by atoms with Crippen LogP contribution in [0.1, 0.15) is 22.8 Å². The molecule has 27 heavy (non-hydrogen) atoms. The van der Waals surface area contributed by atoms with E-state index in [0.717, 1.165) is 12.1 Å². The van der Waals surface area contributed by atoms with Crippen LogP contribution >= 0.6 is 0 Å². The van der Waals surface area contributed by atoms with Crippen molar-refractivity contribution in [3.63, 3.8) is 0 Å². The fourth-order valence-corrected chi connectivity index (χ4v) is 2.22. The Bertz CT molecular complexity index is 826. The van der Waals surface area contributed by atoms with Crippen molar-refractivity contribution in [3.8, 4) is 5.75 Å². The molecule has 1 amide bonds. The van der Waals surface area contributed by atoms with Crippen molar-refractivity contribution in [2.24, 2.45) is 0 Å². The van der Waals surface area contributed by atoms with Crippen LogP contribution in [0.25, 0.3) is 0 Å². The number of anilines is 1. The molecule has 0 saturated carbocycles. The highest BCUT2D eigenvalue weighted by molar-refractivity contribution is 5.95. The van der Waals surface area contributed by atoms with Gasteiger partial charge in [-0.3, -0.25) is 4.79 Å². The van der Waals surface area contributed by atoms with Gasteiger partial charge in [0.2, 0.25) is 0 Å². The van der Waals surface area contributed by atoms with Gasteiger partial charge < -0.3 is 19.5 Å². The maximum Gasteiger partial charge on any atom is 0.338 e. The molecular formula is C19H19F2NO5. The SMILES string of the molecule is CCOCc1cc(C(=O)OCC(=O)Nc2ccc(F)c(F)c2)ccc1OC. The van der Waals surface area contributed by atoms with E-state index in [2.05, 4.69) is 5.32 Å². The van der Waals surface area contributed by atoms with Crippen molar-refractivity contribution < 1.29 is 32.6 Å². The zero-order chi connectivity index (χ0) is 19.8. The first-order valence-corrected chi connectivity index (χ1v) is 8.11. The summed E-state index contributed by atoms with van der Waals surface area (Å²) < 4.78 is 41.5. The number of nitrogens with one attached hydrogen (secondary N) is 1. The van der Waals surface area contributed by atoms with Crippen molar-refractivity contribution >= 4 is 17.6 Å². The van der Waals surface area contributed by atoms with E-state index >= 15 is 0 Å². The third kappa shape index (κ3) is 5.75. The minimum Gasteiger partial charge on any atom is -0.496 e. The highest BCUT2D eigenvalue weighted by Crippen LogP contribution is 2.21. The van der Waals surface area contributed by atoms with Crippen LogP contribution < -0.4 is 10.1 Å². The van der Waals surface area contributed by atoms with E-state index in [1.165, 1.54) is 19.2 Å². The maximum atomic E-state index is 13.1. The molecule has 2 aromatic carbocycles. The number of hydrogen-bond donors (Lipinski definition) is 1. The van der Waals surface area contributed by atoms with E-state index in [-0.39, 0.29) is 17.9 Å². The maximum absolute atomic E-state index is 13.1. The fourth-order valence-electron chi connectivity index (χ4n) is 2.22. The van der Waals surface area contributed by atoms with Crippen molar-refractivity contribution in [1.82, 2.24) is 0 Å². The van der Waals surface area contributed by atoms with Gasteiger partial charge in [-0.25, -0.2) is 13.6 Å². The van der Waals surface area contributed by atoms with E-state index < -0.39 is 30.1 Å². The van der Waals surface area contributed by atoms with Gasteiger partial charge in [0.1, 0.15) is 5.75 Å². The third-order valence-electron chi connectivity index (χ3n) is 3.52. The van der Waals surface area contributed by atoms with E-state index in [9.17, 15) is 18.4 Å². The number of esters is 1. The summed E-state index contributed by atoms with van der Waals surface area (Å²) in [4.78, 5) is 23.9. The Kier molecular flexibility index (Phi) is 7.25. The number of benzene rings is 2. The first kappa shape index (κ1) is 20.3. The lowest BCUT2D eigenvalue weighted by molar-refractivity contribution is -0.119. The molecule has 0 heterocycles. The summed E-state index contributed by atoms with van der Waals surface area (Å²) in [5.41, 5.74) is 0.949. The predicted molar refractivity (Wildman–Crippen MR) is 93.6 cm³/mol. The van der Waals surface area contributed by atoms with Crippen LogP contribution in [0.2, 0.25) is 0 Å². The van der Waals surface area contributed by atoms with Crippen molar-refractivity contribution in [2.75, 3.05) is 25.6 Å². The lowest BCUT2D eigenvalue weighted by Gasteiger charge is -2.11. The lowest BCUT2D eigenvalue weighted by Crippen LogP contribution is -2.21. The minimum absolute atomic E-state index is 0.0541. The van der Waals surface area contributed by atoms with Gasteiger partial charge in [0.15, 0.2) is 18.2 Å². The van der Waals surface area contributed by atoms with Gasteiger partial charge >= 0.3 is 5.97 Å². The second kappa shape index (κ2) is 9.63. The Labute approximate surface area is 155 Å². The summed E-state index contributed by atoms with van der Waals surface area (Å²) >= 11 is 0. The molecule has 6 nitrogen and oxygen atoms in total. The Hall–Kier alpha value is -3.00. The third-order valence-corrected chi connectivity index (χ3v) is 3.52. The van der Waals surface area contributed by atoms with Crippen LogP contribution in [-0.4, -0.2) is 32.2 Å². The zero-order valence-corrected chi connectivity index (χ0v) is 14.9. The highest BCUT2D eigenvalue weighted by atomic mass is 19.2. The highest BCUT2D eigenvalue weighted by Gasteiger charge is 2.14. The molecule has 144 valence electrons. The molecule has 0 saturated heterocycles. The molecule has 8 heteroatoms. The summed E-state index contributed by atoms with van der Waals surface area (Å²) in [6.07, 6.45) is 0. The molecule has 1 N–H and O–H groups in total. The number of carbonyl (C=O) groups excluding carboxylic acids is 2. The predicted octanol–water partition coefficient (Wildman–Crippen LogP) is 3.31. The van der Waals surface area contributed by atoms with Crippen molar-refractivity contribution in [3.05, 3.63) is 59.2 Å². The molecule has 0 spiro atoms. The number of amides is 1. The molecule has 0 atom stereocenters. The summed E-state index contributed by atoms with van der Waals surface area (Å²) in [5, 5.41) is 2.31. The van der Waals surface area contributed by atoms with Crippen LogP contribution in [0.15, 0.2) is 36.4 Å². The van der Waals surface area contributed by atoms with Crippen LogP contribution in [0.4, 0.5) is 14.5 Å². The molecule has 0 aromatic heterocycles. The van der Waals surface area contributed by atoms with E-state index in [1.54, 1.807) is 12.1 Å². The summed E-state index contributed by atoms with van der Waals surface area (Å²) in [6, 6.07) is 7.58. The normalized spacial score (nSPS) is 10.4. The average Bonchev–Trinajstić information content (AvgIpc) is 2.67. The van der Waals surface area contributed by atoms with E-state index in [1.807, 2.05) is 6.92 Å². The van der Waals surface area contributed by atoms with Crippen LogP contribution in [-0.2, 0) is 20.9 Å². The molecule has 0 unspecified atom stereocenters. The second-order valence-corrected chi connectivity index (χ2v) is 5.42. The first-order valence-electron chi connectivity index (χ1n) is 8.11. The molecule has 0 aliphatic carbocycles. The molecule has 0 aliphatic rings. The minimum atomic E-state index is -1.09. The Balaban J connectivity index is 1.96. The Morgan fingerprint density at radius 1 is 1.07 bits per heavy atom. The van der Waals surface area contributed by atoms with E-state index in [0.29, 0.717) is 17.9 Å². The largest absolute Gasteiger partial charge is 0.496 e. The number of rotatable bonds is 8. The van der Waals surface area contributed by atoms with Crippen molar-refractivity contribution in [1.29, 1.82) is 0 Å². The van der Waals surface area contributed by atoms with Gasteiger partial charge in [-0.05, 0) is 37.3 Å². The molecule has 0 aliphatic heterocycles. The van der Waals surface area contributed by atoms with Crippen molar-refractivity contribution in [2.45, 2.75) is 13.5 Å². The molecule has 2 rings (SSSR count). The van der Waals surface area contributed by atoms with Gasteiger partial charge in [-0.15, -0.1) is 0 Å². The number of hydrogen-bond acceptors (Lipinski definition) is 5. The van der Waals surface area contributed by atoms with Gasteiger partial charge in [-0.2, -0.15) is 0 Å². The zero-order valence-electron chi connectivity index (χ0n) is 14.9. The quantitative estimate of drug-likeness (QED) is 0.713. The topological polar surface area (TPSA) is 73.9 Å². The monoisotopic (exact) mass is 379 g/mol. The molecule has 0 fully saturated rings. The van der Waals surface area contributed by atoms with Gasteiger partial charge in [0, 0.05) is 23.9 Å². The lowest BCUT2D eigenvalue weighted by atomic mass is 10.1. The van der Waals surface area contributed by atoms with Gasteiger partial charge in [0.05, 0.1) is 19.3 Å². The number of methoxy groups -OCH3 is 1. The average molecular weight is 379 g/mol. The molecule has 0 radical (unpaired) electrons. The standard InChI is InChI=1S/C19H19F2NO5/c1-3-26-10-13-8-12(4-7-17(13)25-2)19(24)27-11-18(23)22-14-5-6-15(20)16(21)9-14/h4-9H,3,10-11H2,1-2H3,(H,22,23). The molecule has 2 aromatic rings. The van der Waals surface area contributed by atoms with Gasteiger partial charge in [-0.1, -0.05) is 0 Å². The van der Waals surface area contributed by atoms with Crippen LogP contribution in [0, 0.1) is 11.6 Å². The second-order valence-electron chi connectivity index (χ2n) is 5.42. The summed E-state index contributed by atoms with van der Waals surface area (Å²) in [7, 11) is 1.51. The molecular weight excluding hydrogens is 360 g/mol.